The van der Waals surface area contributed by atoms with Crippen LogP contribution >= 0.6 is 0 Å². The first kappa shape index (κ1) is 22.1. The first-order valence-corrected chi connectivity index (χ1v) is 10.3. The molecule has 1 amide bonds. The van der Waals surface area contributed by atoms with E-state index < -0.39 is 5.97 Å². The molecule has 0 heterocycles. The zero-order chi connectivity index (χ0) is 21.9. The largest absolute Gasteiger partial charge is 0.496 e. The van der Waals surface area contributed by atoms with Gasteiger partial charge in [-0.25, -0.2) is 0 Å². The molecule has 3 rings (SSSR count). The number of amides is 1. The Kier molecular flexibility index (Phi) is 8.23. The molecule has 0 saturated carbocycles. The van der Waals surface area contributed by atoms with Crippen molar-refractivity contribution in [3.8, 4) is 5.75 Å². The third kappa shape index (κ3) is 6.71. The van der Waals surface area contributed by atoms with Gasteiger partial charge in [-0.2, -0.15) is 0 Å². The van der Waals surface area contributed by atoms with Crippen LogP contribution < -0.4 is 10.1 Å². The molecule has 0 atom stereocenters. The van der Waals surface area contributed by atoms with Gasteiger partial charge in [-0.1, -0.05) is 78.9 Å². The lowest BCUT2D eigenvalue weighted by molar-refractivity contribution is -0.147. The van der Waals surface area contributed by atoms with Crippen LogP contribution in [0.25, 0.3) is 0 Å². The van der Waals surface area contributed by atoms with E-state index in [2.05, 4.69) is 29.6 Å². The second-order valence-corrected chi connectivity index (χ2v) is 7.16. The number of carbonyl (C=O) groups is 2. The molecule has 0 bridgehead atoms. The Bertz CT molecular complexity index is 933. The van der Waals surface area contributed by atoms with Crippen LogP contribution in [0, 0.1) is 0 Å². The predicted molar refractivity (Wildman–Crippen MR) is 120 cm³/mol. The predicted octanol–water partition coefficient (Wildman–Crippen LogP) is 4.12. The normalized spacial score (nSPS) is 10.5. The molecule has 31 heavy (non-hydrogen) atoms. The first-order chi connectivity index (χ1) is 15.2. The van der Waals surface area contributed by atoms with Crippen molar-refractivity contribution < 1.29 is 19.1 Å². The number of nitrogens with one attached hydrogen (secondary N) is 1. The molecule has 0 spiro atoms. The van der Waals surface area contributed by atoms with Crippen molar-refractivity contribution in [3.63, 3.8) is 0 Å². The van der Waals surface area contributed by atoms with Gasteiger partial charge in [-0.3, -0.25) is 9.59 Å². The summed E-state index contributed by atoms with van der Waals surface area (Å²) in [7, 11) is 1.55. The average Bonchev–Trinajstić information content (AvgIpc) is 2.82. The Morgan fingerprint density at radius 3 is 2.03 bits per heavy atom. The van der Waals surface area contributed by atoms with Gasteiger partial charge in [0.1, 0.15) is 5.75 Å². The van der Waals surface area contributed by atoms with E-state index in [4.69, 9.17) is 9.47 Å². The van der Waals surface area contributed by atoms with Gasteiger partial charge < -0.3 is 14.8 Å². The maximum atomic E-state index is 12.2. The lowest BCUT2D eigenvalue weighted by atomic mass is 9.88. The van der Waals surface area contributed by atoms with E-state index in [1.165, 1.54) is 11.1 Å². The van der Waals surface area contributed by atoms with E-state index in [1.54, 1.807) is 19.2 Å². The maximum absolute atomic E-state index is 12.2. The van der Waals surface area contributed by atoms with Crippen molar-refractivity contribution in [3.05, 3.63) is 102 Å². The molecule has 0 aliphatic carbocycles. The zero-order valence-corrected chi connectivity index (χ0v) is 17.6. The van der Waals surface area contributed by atoms with Crippen LogP contribution in [0.15, 0.2) is 84.9 Å². The number of para-hydroxylation sites is 1. The average molecular weight is 418 g/mol. The monoisotopic (exact) mass is 417 g/mol. The molecule has 3 aromatic rings. The fourth-order valence-corrected chi connectivity index (χ4v) is 3.51. The van der Waals surface area contributed by atoms with Crippen LogP contribution in [-0.4, -0.2) is 32.1 Å². The van der Waals surface area contributed by atoms with Gasteiger partial charge in [0.2, 0.25) is 0 Å². The number of hydrogen-bond donors (Lipinski definition) is 1. The molecule has 3 aromatic carbocycles. The fraction of sp³-hybridized carbons (Fsp3) is 0.231. The number of benzene rings is 3. The summed E-state index contributed by atoms with van der Waals surface area (Å²) in [6, 6.07) is 27.7. The molecule has 160 valence electrons. The van der Waals surface area contributed by atoms with Crippen LogP contribution in [0.4, 0.5) is 0 Å². The van der Waals surface area contributed by atoms with Crippen molar-refractivity contribution in [1.82, 2.24) is 5.32 Å². The summed E-state index contributed by atoms with van der Waals surface area (Å²) in [4.78, 5) is 24.2. The highest BCUT2D eigenvalue weighted by Crippen LogP contribution is 2.27. The SMILES string of the molecule is COc1ccccc1CC(=O)OCC(=O)NCCC(c1ccccc1)c1ccccc1. The van der Waals surface area contributed by atoms with Gasteiger partial charge >= 0.3 is 5.97 Å². The highest BCUT2D eigenvalue weighted by molar-refractivity contribution is 5.81. The topological polar surface area (TPSA) is 64.6 Å². The third-order valence-corrected chi connectivity index (χ3v) is 5.05. The molecular formula is C26H27NO4. The molecule has 0 fully saturated rings. The molecule has 1 N–H and O–H groups in total. The quantitative estimate of drug-likeness (QED) is 0.504. The van der Waals surface area contributed by atoms with E-state index in [9.17, 15) is 9.59 Å². The van der Waals surface area contributed by atoms with Crippen LogP contribution in [0.1, 0.15) is 29.0 Å². The van der Waals surface area contributed by atoms with E-state index in [1.807, 2.05) is 48.5 Å². The molecule has 0 unspecified atom stereocenters. The lowest BCUT2D eigenvalue weighted by Crippen LogP contribution is -2.30. The fourth-order valence-electron chi connectivity index (χ4n) is 3.51. The second kappa shape index (κ2) is 11.6. The summed E-state index contributed by atoms with van der Waals surface area (Å²) >= 11 is 0. The van der Waals surface area contributed by atoms with Crippen molar-refractivity contribution >= 4 is 11.9 Å². The number of methoxy groups -OCH3 is 1. The standard InChI is InChI=1S/C26H27NO4/c1-30-24-15-9-8-14-22(24)18-26(29)31-19-25(28)27-17-16-23(20-10-4-2-5-11-20)21-12-6-3-7-13-21/h2-15,23H,16-19H2,1H3,(H,27,28). The Morgan fingerprint density at radius 1 is 0.839 bits per heavy atom. The van der Waals surface area contributed by atoms with Crippen LogP contribution in [0.5, 0.6) is 5.75 Å². The van der Waals surface area contributed by atoms with Gasteiger partial charge in [0.25, 0.3) is 5.91 Å². The summed E-state index contributed by atoms with van der Waals surface area (Å²) in [6.45, 7) is 0.187. The van der Waals surface area contributed by atoms with Crippen molar-refractivity contribution in [2.24, 2.45) is 0 Å². The smallest absolute Gasteiger partial charge is 0.310 e. The summed E-state index contributed by atoms with van der Waals surface area (Å²) in [5, 5.41) is 2.85. The summed E-state index contributed by atoms with van der Waals surface area (Å²) < 4.78 is 10.4. The lowest BCUT2D eigenvalue weighted by Gasteiger charge is -2.18. The van der Waals surface area contributed by atoms with Gasteiger partial charge in [0.15, 0.2) is 6.61 Å². The third-order valence-electron chi connectivity index (χ3n) is 5.05. The minimum Gasteiger partial charge on any atom is -0.496 e. The van der Waals surface area contributed by atoms with Crippen molar-refractivity contribution in [2.45, 2.75) is 18.8 Å². The summed E-state index contributed by atoms with van der Waals surface area (Å²) in [5.41, 5.74) is 3.13. The number of ether oxygens (including phenoxy) is 2. The highest BCUT2D eigenvalue weighted by atomic mass is 16.5. The molecular weight excluding hydrogens is 390 g/mol. The van der Waals surface area contributed by atoms with Gasteiger partial charge in [-0.05, 0) is 23.6 Å². The van der Waals surface area contributed by atoms with Gasteiger partial charge in [0.05, 0.1) is 13.5 Å². The van der Waals surface area contributed by atoms with E-state index >= 15 is 0 Å². The Labute approximate surface area is 183 Å². The Balaban J connectivity index is 1.48. The van der Waals surface area contributed by atoms with Crippen molar-refractivity contribution in [1.29, 1.82) is 0 Å². The second-order valence-electron chi connectivity index (χ2n) is 7.16. The molecule has 5 nitrogen and oxygen atoms in total. The number of rotatable bonds is 10. The molecule has 0 saturated heterocycles. The number of esters is 1. The van der Waals surface area contributed by atoms with Crippen LogP contribution in [0.3, 0.4) is 0 Å². The zero-order valence-electron chi connectivity index (χ0n) is 17.6. The molecule has 5 heteroatoms. The molecule has 0 radical (unpaired) electrons. The molecule has 0 aromatic heterocycles. The number of carbonyl (C=O) groups excluding carboxylic acids is 2. The van der Waals surface area contributed by atoms with Crippen molar-refractivity contribution in [2.75, 3.05) is 20.3 Å². The number of hydrogen-bond acceptors (Lipinski definition) is 4. The van der Waals surface area contributed by atoms with Crippen LogP contribution in [0.2, 0.25) is 0 Å². The van der Waals surface area contributed by atoms with Gasteiger partial charge in [0, 0.05) is 18.0 Å². The van der Waals surface area contributed by atoms with E-state index in [0.717, 1.165) is 12.0 Å². The molecule has 0 aliphatic heterocycles. The summed E-state index contributed by atoms with van der Waals surface area (Å²) in [6.07, 6.45) is 0.802. The minimum absolute atomic E-state index is 0.0569. The van der Waals surface area contributed by atoms with Crippen LogP contribution in [-0.2, 0) is 20.7 Å². The first-order valence-electron chi connectivity index (χ1n) is 10.3. The van der Waals surface area contributed by atoms with E-state index in [0.29, 0.717) is 12.3 Å². The van der Waals surface area contributed by atoms with E-state index in [-0.39, 0.29) is 24.9 Å². The Hall–Kier alpha value is -3.60. The van der Waals surface area contributed by atoms with Gasteiger partial charge in [-0.15, -0.1) is 0 Å². The minimum atomic E-state index is -0.467. The highest BCUT2D eigenvalue weighted by Gasteiger charge is 2.15. The molecule has 0 aliphatic rings. The maximum Gasteiger partial charge on any atom is 0.310 e. The Morgan fingerprint density at radius 2 is 1.42 bits per heavy atom. The summed E-state index contributed by atoms with van der Waals surface area (Å²) in [5.74, 6) is 0.0203.